The normalized spacial score (nSPS) is 16.0. The first-order valence-electron chi connectivity index (χ1n) is 8.61. The predicted octanol–water partition coefficient (Wildman–Crippen LogP) is 4.96. The number of carbonyl (C=O) groups is 1. The molecule has 1 amide bonds. The van der Waals surface area contributed by atoms with Gasteiger partial charge in [0.15, 0.2) is 10.6 Å². The summed E-state index contributed by atoms with van der Waals surface area (Å²) in [7, 11) is 0. The predicted molar refractivity (Wildman–Crippen MR) is 109 cm³/mol. The number of aryl methyl sites for hydroxylation is 1. The van der Waals surface area contributed by atoms with E-state index in [0.29, 0.717) is 26.7 Å². The zero-order valence-electron chi connectivity index (χ0n) is 14.7. The second-order valence-electron chi connectivity index (χ2n) is 6.57. The zero-order chi connectivity index (χ0) is 19.4. The highest BCUT2D eigenvalue weighted by molar-refractivity contribution is 7.13. The molecule has 0 saturated carbocycles. The van der Waals surface area contributed by atoms with Crippen LogP contribution in [0.25, 0.3) is 11.0 Å². The zero-order valence-corrected chi connectivity index (χ0v) is 16.3. The molecule has 3 heterocycles. The molecule has 0 bridgehead atoms. The topological polar surface area (TPSA) is 63.4 Å². The molecule has 2 aromatic carbocycles. The van der Waals surface area contributed by atoms with Crippen molar-refractivity contribution in [1.82, 2.24) is 4.98 Å². The highest BCUT2D eigenvalue weighted by Crippen LogP contribution is 2.41. The van der Waals surface area contributed by atoms with E-state index >= 15 is 0 Å². The van der Waals surface area contributed by atoms with Crippen LogP contribution in [0.15, 0.2) is 63.3 Å². The molecule has 0 fully saturated rings. The molecule has 0 unspecified atom stereocenters. The van der Waals surface area contributed by atoms with Crippen molar-refractivity contribution in [3.63, 3.8) is 0 Å². The summed E-state index contributed by atoms with van der Waals surface area (Å²) in [5.74, 6) is -0.311. The monoisotopic (exact) mass is 408 g/mol. The smallest absolute Gasteiger partial charge is 0.297 e. The molecule has 0 aliphatic carbocycles. The molecule has 1 atom stereocenters. The lowest BCUT2D eigenvalue weighted by Gasteiger charge is -2.22. The molecule has 2 aromatic heterocycles. The summed E-state index contributed by atoms with van der Waals surface area (Å²) >= 11 is 7.57. The van der Waals surface area contributed by atoms with Gasteiger partial charge < -0.3 is 4.42 Å². The van der Waals surface area contributed by atoms with Gasteiger partial charge in [0.05, 0.1) is 17.0 Å². The Hall–Kier alpha value is -2.96. The van der Waals surface area contributed by atoms with Crippen molar-refractivity contribution >= 4 is 44.9 Å². The second-order valence-corrected chi connectivity index (χ2v) is 7.85. The largest absolute Gasteiger partial charge is 0.450 e. The summed E-state index contributed by atoms with van der Waals surface area (Å²) in [6.07, 6.45) is 1.63. The third-order valence-corrected chi connectivity index (χ3v) is 6.07. The van der Waals surface area contributed by atoms with E-state index in [1.165, 1.54) is 16.2 Å². The molecule has 7 heteroatoms. The number of benzene rings is 2. The summed E-state index contributed by atoms with van der Waals surface area (Å²) in [6.45, 7) is 1.82. The number of thiazole rings is 1. The van der Waals surface area contributed by atoms with E-state index < -0.39 is 6.04 Å². The molecule has 1 aliphatic heterocycles. The van der Waals surface area contributed by atoms with Gasteiger partial charge in [0.1, 0.15) is 5.58 Å². The summed E-state index contributed by atoms with van der Waals surface area (Å²) < 4.78 is 5.94. The summed E-state index contributed by atoms with van der Waals surface area (Å²) in [6, 6.07) is 12.1. The number of anilines is 1. The third-order valence-electron chi connectivity index (χ3n) is 4.89. The lowest BCUT2D eigenvalue weighted by atomic mass is 9.98. The molecular formula is C21H13ClN2O3S. The molecule has 0 N–H and O–H groups in total. The summed E-state index contributed by atoms with van der Waals surface area (Å²) in [5.41, 5.74) is 2.01. The number of halogens is 1. The van der Waals surface area contributed by atoms with Gasteiger partial charge in [-0.25, -0.2) is 4.98 Å². The molecular weight excluding hydrogens is 396 g/mol. The maximum atomic E-state index is 13.4. The third kappa shape index (κ3) is 2.42. The highest BCUT2D eigenvalue weighted by Gasteiger charge is 2.44. The van der Waals surface area contributed by atoms with Crippen LogP contribution in [0.4, 0.5) is 5.13 Å². The van der Waals surface area contributed by atoms with E-state index in [1.54, 1.807) is 23.7 Å². The molecule has 0 spiro atoms. The Labute approximate surface area is 168 Å². The average Bonchev–Trinajstić information content (AvgIpc) is 3.31. The minimum absolute atomic E-state index is 0.0586. The van der Waals surface area contributed by atoms with E-state index in [0.717, 1.165) is 11.1 Å². The summed E-state index contributed by atoms with van der Waals surface area (Å²) in [5, 5.41) is 3.16. The minimum atomic E-state index is -0.601. The number of amides is 1. The Morgan fingerprint density at radius 1 is 1.18 bits per heavy atom. The lowest BCUT2D eigenvalue weighted by Crippen LogP contribution is -2.29. The maximum absolute atomic E-state index is 13.4. The van der Waals surface area contributed by atoms with Crippen molar-refractivity contribution in [2.75, 3.05) is 4.90 Å². The van der Waals surface area contributed by atoms with Crippen LogP contribution in [0.1, 0.15) is 33.3 Å². The van der Waals surface area contributed by atoms with Crippen molar-refractivity contribution in [3.05, 3.63) is 91.7 Å². The molecule has 5 nitrogen and oxygen atoms in total. The molecule has 5 rings (SSSR count). The Balaban J connectivity index is 1.85. The standard InChI is InChI=1S/C21H13ClN2O3S/c1-11-9-15-13(10-14(11)22)18(25)16-17(12-5-3-2-4-6-12)24(20(26)19(16)27-15)21-23-7-8-28-21/h2-10,17H,1H3/t17-/m0/s1. The number of fused-ring (bicyclic) bond motifs is 2. The SMILES string of the molecule is Cc1cc2oc3c(c(=O)c2cc1Cl)[C@H](c1ccccc1)N(c1nccs1)C3=O. The molecule has 28 heavy (non-hydrogen) atoms. The van der Waals surface area contributed by atoms with Gasteiger partial charge in [0, 0.05) is 16.6 Å². The van der Waals surface area contributed by atoms with Gasteiger partial charge in [-0.3, -0.25) is 14.5 Å². The van der Waals surface area contributed by atoms with E-state index in [2.05, 4.69) is 4.98 Å². The number of carbonyl (C=O) groups excluding carboxylic acids is 1. The van der Waals surface area contributed by atoms with Crippen LogP contribution in [0, 0.1) is 6.92 Å². The van der Waals surface area contributed by atoms with Crippen LogP contribution in [0.5, 0.6) is 0 Å². The molecule has 1 aliphatic rings. The number of hydrogen-bond donors (Lipinski definition) is 0. The van der Waals surface area contributed by atoms with Crippen molar-refractivity contribution in [2.24, 2.45) is 0 Å². The van der Waals surface area contributed by atoms with Crippen LogP contribution in [-0.2, 0) is 0 Å². The van der Waals surface area contributed by atoms with Crippen LogP contribution in [0.3, 0.4) is 0 Å². The van der Waals surface area contributed by atoms with Crippen molar-refractivity contribution in [3.8, 4) is 0 Å². The first kappa shape index (κ1) is 17.2. The van der Waals surface area contributed by atoms with Gasteiger partial charge in [-0.1, -0.05) is 41.9 Å². The van der Waals surface area contributed by atoms with Crippen LogP contribution < -0.4 is 10.3 Å². The highest BCUT2D eigenvalue weighted by atomic mass is 35.5. The van der Waals surface area contributed by atoms with Gasteiger partial charge in [0.25, 0.3) is 5.91 Å². The van der Waals surface area contributed by atoms with E-state index in [-0.39, 0.29) is 17.1 Å². The number of nitrogens with zero attached hydrogens (tertiary/aromatic N) is 2. The minimum Gasteiger partial charge on any atom is -0.450 e. The van der Waals surface area contributed by atoms with Gasteiger partial charge in [-0.15, -0.1) is 11.3 Å². The fourth-order valence-corrected chi connectivity index (χ4v) is 4.41. The van der Waals surface area contributed by atoms with E-state index in [1.807, 2.05) is 37.3 Å². The Kier molecular flexibility index (Phi) is 3.86. The molecule has 0 radical (unpaired) electrons. The van der Waals surface area contributed by atoms with Crippen LogP contribution in [0.2, 0.25) is 5.02 Å². The van der Waals surface area contributed by atoms with Gasteiger partial charge in [0.2, 0.25) is 5.76 Å². The van der Waals surface area contributed by atoms with E-state index in [9.17, 15) is 9.59 Å². The molecule has 4 aromatic rings. The Morgan fingerprint density at radius 3 is 2.68 bits per heavy atom. The fourth-order valence-electron chi connectivity index (χ4n) is 3.58. The van der Waals surface area contributed by atoms with Crippen molar-refractivity contribution < 1.29 is 9.21 Å². The number of rotatable bonds is 2. The van der Waals surface area contributed by atoms with Crippen LogP contribution in [-0.4, -0.2) is 10.9 Å². The number of aromatic nitrogens is 1. The van der Waals surface area contributed by atoms with Gasteiger partial charge >= 0.3 is 0 Å². The summed E-state index contributed by atoms with van der Waals surface area (Å²) in [4.78, 5) is 32.5. The molecule has 0 saturated heterocycles. The van der Waals surface area contributed by atoms with Gasteiger partial charge in [-0.2, -0.15) is 0 Å². The van der Waals surface area contributed by atoms with E-state index in [4.69, 9.17) is 16.0 Å². The fraction of sp³-hybridized carbons (Fsp3) is 0.0952. The first-order chi connectivity index (χ1) is 13.6. The lowest BCUT2D eigenvalue weighted by molar-refractivity contribution is 0.0971. The van der Waals surface area contributed by atoms with Crippen LogP contribution >= 0.6 is 22.9 Å². The van der Waals surface area contributed by atoms with Gasteiger partial charge in [-0.05, 0) is 30.2 Å². The second kappa shape index (κ2) is 6.29. The quantitative estimate of drug-likeness (QED) is 0.470. The average molecular weight is 409 g/mol. The first-order valence-corrected chi connectivity index (χ1v) is 9.87. The number of hydrogen-bond acceptors (Lipinski definition) is 5. The van der Waals surface area contributed by atoms with Crippen molar-refractivity contribution in [2.45, 2.75) is 13.0 Å². The van der Waals surface area contributed by atoms with Crippen molar-refractivity contribution in [1.29, 1.82) is 0 Å². The Bertz CT molecular complexity index is 1280. The Morgan fingerprint density at radius 2 is 1.96 bits per heavy atom. The molecule has 138 valence electrons. The maximum Gasteiger partial charge on any atom is 0.297 e.